The summed E-state index contributed by atoms with van der Waals surface area (Å²) in [6.07, 6.45) is 0.225. The van der Waals surface area contributed by atoms with E-state index in [1.165, 1.54) is 24.5 Å². The summed E-state index contributed by atoms with van der Waals surface area (Å²) in [6.45, 7) is 1.79. The first-order valence-electron chi connectivity index (χ1n) is 8.75. The van der Waals surface area contributed by atoms with E-state index < -0.39 is 23.8 Å². The third-order valence-electron chi connectivity index (χ3n) is 4.19. The summed E-state index contributed by atoms with van der Waals surface area (Å²) in [5, 5.41) is 14.8. The van der Waals surface area contributed by atoms with E-state index in [0.717, 1.165) is 0 Å². The smallest absolute Gasteiger partial charge is 0.253 e. The highest BCUT2D eigenvalue weighted by Crippen LogP contribution is 2.31. The Balaban J connectivity index is 2.03. The van der Waals surface area contributed by atoms with Gasteiger partial charge in [-0.25, -0.2) is 13.8 Å². The minimum absolute atomic E-state index is 0.0167. The predicted molar refractivity (Wildman–Crippen MR) is 113 cm³/mol. The summed E-state index contributed by atoms with van der Waals surface area (Å²) >= 11 is 1.96. The Labute approximate surface area is 179 Å². The second-order valence-electron chi connectivity index (χ2n) is 6.21. The average Bonchev–Trinajstić information content (AvgIpc) is 3.05. The lowest BCUT2D eigenvalue weighted by Crippen LogP contribution is -2.34. The van der Waals surface area contributed by atoms with E-state index in [-0.39, 0.29) is 35.6 Å². The number of anilines is 2. The Kier molecular flexibility index (Phi) is 6.65. The molecule has 0 fully saturated rings. The maximum atomic E-state index is 15.2. The quantitative estimate of drug-likeness (QED) is 0.332. The van der Waals surface area contributed by atoms with E-state index in [2.05, 4.69) is 15.6 Å². The SMILES string of the molecule is CCOC(O)CNC(=O)c1cc2c(ncn2C)c(F)c1Nc1ccc(I)cc1F. The van der Waals surface area contributed by atoms with Crippen LogP contribution in [-0.4, -0.2) is 40.0 Å². The number of aryl methyl sites for hydroxylation is 1. The molecule has 1 amide bonds. The van der Waals surface area contributed by atoms with Gasteiger partial charge in [-0.1, -0.05) is 0 Å². The van der Waals surface area contributed by atoms with Crippen molar-refractivity contribution in [2.24, 2.45) is 7.05 Å². The van der Waals surface area contributed by atoms with Crippen LogP contribution in [0.2, 0.25) is 0 Å². The number of aliphatic hydroxyl groups excluding tert-OH is 1. The molecule has 1 atom stereocenters. The van der Waals surface area contributed by atoms with E-state index in [9.17, 15) is 14.3 Å². The van der Waals surface area contributed by atoms with Crippen LogP contribution >= 0.6 is 22.6 Å². The number of halogens is 3. The molecule has 3 aromatic rings. The lowest BCUT2D eigenvalue weighted by Gasteiger charge is -2.16. The van der Waals surface area contributed by atoms with Crippen LogP contribution in [-0.2, 0) is 11.8 Å². The molecule has 0 saturated heterocycles. The molecule has 10 heteroatoms. The maximum absolute atomic E-state index is 15.2. The summed E-state index contributed by atoms with van der Waals surface area (Å²) in [5.41, 5.74) is 0.196. The number of rotatable bonds is 7. The van der Waals surface area contributed by atoms with Gasteiger partial charge in [0.25, 0.3) is 5.91 Å². The molecule has 154 valence electrons. The van der Waals surface area contributed by atoms with Gasteiger partial charge in [-0.3, -0.25) is 4.79 Å². The van der Waals surface area contributed by atoms with Crippen LogP contribution in [0.25, 0.3) is 11.0 Å². The van der Waals surface area contributed by atoms with Crippen molar-refractivity contribution in [3.05, 3.63) is 51.4 Å². The Bertz CT molecular complexity index is 1060. The molecule has 29 heavy (non-hydrogen) atoms. The number of imidazole rings is 1. The third-order valence-corrected chi connectivity index (χ3v) is 4.86. The lowest BCUT2D eigenvalue weighted by atomic mass is 10.1. The maximum Gasteiger partial charge on any atom is 0.253 e. The Morgan fingerprint density at radius 3 is 2.83 bits per heavy atom. The molecular weight excluding hydrogens is 497 g/mol. The van der Waals surface area contributed by atoms with Crippen molar-refractivity contribution in [1.82, 2.24) is 14.9 Å². The molecular formula is C19H19F2IN4O3. The van der Waals surface area contributed by atoms with Gasteiger partial charge < -0.3 is 25.0 Å². The zero-order valence-electron chi connectivity index (χ0n) is 15.7. The standard InChI is InChI=1S/C19H19F2IN4O3/c1-3-29-15(27)8-23-19(28)11-7-14-18(24-9-26(14)2)16(21)17(11)25-13-5-4-10(22)6-12(13)20/h4-7,9,15,25,27H,3,8H2,1-2H3,(H,23,28). The number of nitrogens with zero attached hydrogens (tertiary/aromatic N) is 2. The molecule has 7 nitrogen and oxygen atoms in total. The van der Waals surface area contributed by atoms with Gasteiger partial charge in [0.15, 0.2) is 12.1 Å². The zero-order chi connectivity index (χ0) is 21.1. The van der Waals surface area contributed by atoms with Gasteiger partial charge in [-0.15, -0.1) is 0 Å². The van der Waals surface area contributed by atoms with Gasteiger partial charge in [-0.05, 0) is 53.8 Å². The Morgan fingerprint density at radius 1 is 1.38 bits per heavy atom. The number of ether oxygens (including phenoxy) is 1. The van der Waals surface area contributed by atoms with Gasteiger partial charge >= 0.3 is 0 Å². The van der Waals surface area contributed by atoms with Crippen LogP contribution < -0.4 is 10.6 Å². The van der Waals surface area contributed by atoms with Crippen molar-refractivity contribution >= 4 is 50.9 Å². The number of aromatic nitrogens is 2. The van der Waals surface area contributed by atoms with Crippen molar-refractivity contribution in [2.75, 3.05) is 18.5 Å². The zero-order valence-corrected chi connectivity index (χ0v) is 17.8. The lowest BCUT2D eigenvalue weighted by molar-refractivity contribution is -0.0900. The molecule has 0 bridgehead atoms. The van der Waals surface area contributed by atoms with Gasteiger partial charge in [0, 0.05) is 17.2 Å². The molecule has 0 aliphatic rings. The van der Waals surface area contributed by atoms with E-state index in [1.54, 1.807) is 24.6 Å². The van der Waals surface area contributed by atoms with E-state index in [0.29, 0.717) is 9.09 Å². The highest BCUT2D eigenvalue weighted by atomic mass is 127. The fraction of sp³-hybridized carbons (Fsp3) is 0.263. The monoisotopic (exact) mass is 516 g/mol. The van der Waals surface area contributed by atoms with E-state index in [4.69, 9.17) is 4.74 Å². The van der Waals surface area contributed by atoms with Crippen molar-refractivity contribution in [2.45, 2.75) is 13.2 Å². The number of hydrogen-bond acceptors (Lipinski definition) is 5. The Hall–Kier alpha value is -2.31. The first kappa shape index (κ1) is 21.4. The number of amides is 1. The van der Waals surface area contributed by atoms with Gasteiger partial charge in [0.1, 0.15) is 11.3 Å². The highest BCUT2D eigenvalue weighted by molar-refractivity contribution is 14.1. The summed E-state index contributed by atoms with van der Waals surface area (Å²) in [5.74, 6) is -2.02. The van der Waals surface area contributed by atoms with Crippen molar-refractivity contribution in [3.8, 4) is 0 Å². The molecule has 1 unspecified atom stereocenters. The summed E-state index contributed by atoms with van der Waals surface area (Å²) in [7, 11) is 1.67. The Morgan fingerprint density at radius 2 is 2.14 bits per heavy atom. The van der Waals surface area contributed by atoms with Crippen LogP contribution in [0.1, 0.15) is 17.3 Å². The molecule has 2 aromatic carbocycles. The second kappa shape index (κ2) is 9.01. The fourth-order valence-corrected chi connectivity index (χ4v) is 3.23. The number of carbonyl (C=O) groups is 1. The van der Waals surface area contributed by atoms with Crippen LogP contribution in [0.3, 0.4) is 0 Å². The molecule has 0 aliphatic carbocycles. The number of benzene rings is 2. The van der Waals surface area contributed by atoms with Gasteiger partial charge in [0.05, 0.1) is 35.3 Å². The minimum Gasteiger partial charge on any atom is -0.366 e. The van der Waals surface area contributed by atoms with Crippen molar-refractivity contribution in [1.29, 1.82) is 0 Å². The van der Waals surface area contributed by atoms with Gasteiger partial charge in [-0.2, -0.15) is 0 Å². The fourth-order valence-electron chi connectivity index (χ4n) is 2.78. The van der Waals surface area contributed by atoms with Gasteiger partial charge in [0.2, 0.25) is 0 Å². The van der Waals surface area contributed by atoms with E-state index >= 15 is 4.39 Å². The second-order valence-corrected chi connectivity index (χ2v) is 7.45. The largest absolute Gasteiger partial charge is 0.366 e. The van der Waals surface area contributed by atoms with Crippen LogP contribution in [0.4, 0.5) is 20.2 Å². The summed E-state index contributed by atoms with van der Waals surface area (Å²) in [4.78, 5) is 16.7. The number of carbonyl (C=O) groups excluding carboxylic acids is 1. The average molecular weight is 516 g/mol. The molecule has 0 radical (unpaired) electrons. The van der Waals surface area contributed by atoms with E-state index in [1.807, 2.05) is 22.6 Å². The molecule has 0 saturated carbocycles. The third kappa shape index (κ3) is 4.65. The number of fused-ring (bicyclic) bond motifs is 1. The normalized spacial score (nSPS) is 12.2. The first-order chi connectivity index (χ1) is 13.8. The molecule has 3 rings (SSSR count). The molecule has 0 aliphatic heterocycles. The molecule has 0 spiro atoms. The topological polar surface area (TPSA) is 88.4 Å². The summed E-state index contributed by atoms with van der Waals surface area (Å²) < 4.78 is 36.7. The number of hydrogen-bond donors (Lipinski definition) is 3. The van der Waals surface area contributed by atoms with Crippen LogP contribution in [0.15, 0.2) is 30.6 Å². The highest BCUT2D eigenvalue weighted by Gasteiger charge is 2.22. The van der Waals surface area contributed by atoms with Crippen LogP contribution in [0, 0.1) is 15.2 Å². The molecule has 1 heterocycles. The summed E-state index contributed by atoms with van der Waals surface area (Å²) in [6, 6.07) is 5.86. The molecule has 1 aromatic heterocycles. The molecule has 3 N–H and O–H groups in total. The number of aliphatic hydroxyl groups is 1. The first-order valence-corrected chi connectivity index (χ1v) is 9.83. The minimum atomic E-state index is -1.20. The predicted octanol–water partition coefficient (Wildman–Crippen LogP) is 3.28. The van der Waals surface area contributed by atoms with Crippen LogP contribution in [0.5, 0.6) is 0 Å². The van der Waals surface area contributed by atoms with Crippen molar-refractivity contribution < 1.29 is 23.4 Å². The van der Waals surface area contributed by atoms with Crippen molar-refractivity contribution in [3.63, 3.8) is 0 Å². The number of nitrogens with one attached hydrogen (secondary N) is 2.